The van der Waals surface area contributed by atoms with Crippen molar-refractivity contribution >= 4 is 21.8 Å². The molecule has 220 valence electrons. The van der Waals surface area contributed by atoms with Gasteiger partial charge >= 0.3 is 5.97 Å². The highest BCUT2D eigenvalue weighted by Gasteiger charge is 2.34. The molecule has 0 bridgehead atoms. The predicted molar refractivity (Wildman–Crippen MR) is 147 cm³/mol. The summed E-state index contributed by atoms with van der Waals surface area (Å²) in [7, 11) is 0.864. The number of methoxy groups -OCH3 is 2. The second kappa shape index (κ2) is 13.0. The van der Waals surface area contributed by atoms with Crippen LogP contribution in [0.15, 0.2) is 59.5 Å². The number of non-ortho nitro benzene ring substituents is 1. The van der Waals surface area contributed by atoms with Gasteiger partial charge in [-0.05, 0) is 47.9 Å². The molecule has 0 saturated carbocycles. The van der Waals surface area contributed by atoms with Crippen molar-refractivity contribution in [2.75, 3.05) is 27.8 Å². The minimum absolute atomic E-state index is 0.133. The van der Waals surface area contributed by atoms with Gasteiger partial charge in [-0.15, -0.1) is 0 Å². The van der Waals surface area contributed by atoms with Gasteiger partial charge in [-0.1, -0.05) is 19.1 Å². The summed E-state index contributed by atoms with van der Waals surface area (Å²) < 4.78 is 42.5. The molecule has 0 radical (unpaired) electrons. The number of carboxylic acid groups (broad SMARTS) is 1. The van der Waals surface area contributed by atoms with Gasteiger partial charge in [0, 0.05) is 30.0 Å². The van der Waals surface area contributed by atoms with Crippen molar-refractivity contribution in [3.05, 3.63) is 87.0 Å². The highest BCUT2D eigenvalue weighted by atomic mass is 32.2. The van der Waals surface area contributed by atoms with E-state index in [1.807, 2.05) is 12.1 Å². The zero-order valence-corrected chi connectivity index (χ0v) is 23.8. The fourth-order valence-corrected chi connectivity index (χ4v) is 5.57. The van der Waals surface area contributed by atoms with E-state index in [4.69, 9.17) is 19.7 Å². The molecule has 1 aliphatic rings. The third-order valence-corrected chi connectivity index (χ3v) is 7.89. The molecule has 1 aliphatic heterocycles. The lowest BCUT2D eigenvalue weighted by molar-refractivity contribution is -0.918. The number of carbonyl (C=O) groups is 1. The number of nitrogens with zero attached hydrogens (tertiary/aromatic N) is 1. The first kappa shape index (κ1) is 31.3. The number of ether oxygens (including phenoxy) is 2. The summed E-state index contributed by atoms with van der Waals surface area (Å²) in [6.45, 7) is 3.32. The van der Waals surface area contributed by atoms with Crippen molar-refractivity contribution in [2.24, 2.45) is 5.92 Å². The SMILES string of the molecule is COc1cc2c(cc1OC)C(C(C)Cc1ccc([N+](=O)[O-])cc1)[NH+](C)CC2.O=C(O)c1cc(S(=O)(=O)[O-])ccc1O. The number of carboxylic acids is 1. The van der Waals surface area contributed by atoms with Gasteiger partial charge in [0.25, 0.3) is 5.69 Å². The van der Waals surface area contributed by atoms with Crippen LogP contribution in [0.1, 0.15) is 40.0 Å². The van der Waals surface area contributed by atoms with Crippen LogP contribution < -0.4 is 14.4 Å². The van der Waals surface area contributed by atoms with E-state index in [-0.39, 0.29) is 10.6 Å². The summed E-state index contributed by atoms with van der Waals surface area (Å²) in [5, 5.41) is 28.3. The van der Waals surface area contributed by atoms with E-state index >= 15 is 0 Å². The number of aromatic carboxylic acids is 1. The van der Waals surface area contributed by atoms with E-state index in [0.29, 0.717) is 18.0 Å². The number of fused-ring (bicyclic) bond motifs is 1. The molecule has 12 nitrogen and oxygen atoms in total. The van der Waals surface area contributed by atoms with Crippen molar-refractivity contribution in [3.63, 3.8) is 0 Å². The van der Waals surface area contributed by atoms with E-state index in [2.05, 4.69) is 26.1 Å². The minimum atomic E-state index is -4.70. The first-order valence-electron chi connectivity index (χ1n) is 12.6. The molecule has 3 N–H and O–H groups in total. The lowest BCUT2D eigenvalue weighted by atomic mass is 9.82. The Bertz CT molecular complexity index is 1520. The third kappa shape index (κ3) is 7.51. The summed E-state index contributed by atoms with van der Waals surface area (Å²) in [5.74, 6) is -0.183. The second-order valence-corrected chi connectivity index (χ2v) is 11.2. The van der Waals surface area contributed by atoms with E-state index in [0.717, 1.165) is 48.6 Å². The van der Waals surface area contributed by atoms with Crippen LogP contribution in [0.4, 0.5) is 5.69 Å². The van der Waals surface area contributed by atoms with Crippen LogP contribution in [0.25, 0.3) is 0 Å². The third-order valence-electron chi connectivity index (χ3n) is 7.06. The molecule has 0 fully saturated rings. The van der Waals surface area contributed by atoms with Crippen molar-refractivity contribution in [1.29, 1.82) is 0 Å². The van der Waals surface area contributed by atoms with Crippen LogP contribution in [0, 0.1) is 16.0 Å². The molecular weight excluding hydrogens is 556 g/mol. The Morgan fingerprint density at radius 2 is 1.71 bits per heavy atom. The van der Waals surface area contributed by atoms with Crippen LogP contribution in [-0.2, 0) is 23.0 Å². The summed E-state index contributed by atoms with van der Waals surface area (Å²) >= 11 is 0. The molecule has 41 heavy (non-hydrogen) atoms. The Labute approximate surface area is 237 Å². The predicted octanol–water partition coefficient (Wildman–Crippen LogP) is 2.60. The normalized spacial score (nSPS) is 16.9. The second-order valence-electron chi connectivity index (χ2n) is 9.77. The van der Waals surface area contributed by atoms with Gasteiger partial charge in [0.15, 0.2) is 11.5 Å². The van der Waals surface area contributed by atoms with Crippen LogP contribution in [-0.4, -0.2) is 61.9 Å². The maximum Gasteiger partial charge on any atom is 0.339 e. The summed E-state index contributed by atoms with van der Waals surface area (Å²) in [4.78, 5) is 21.7. The molecule has 0 aromatic heterocycles. The zero-order chi connectivity index (χ0) is 30.5. The quantitative estimate of drug-likeness (QED) is 0.201. The van der Waals surface area contributed by atoms with Gasteiger partial charge in [-0.25, -0.2) is 13.2 Å². The number of nitrogens with one attached hydrogen (secondary N) is 1. The van der Waals surface area contributed by atoms with E-state index in [1.54, 1.807) is 26.4 Å². The van der Waals surface area contributed by atoms with Gasteiger partial charge in [0.05, 0.1) is 37.6 Å². The topological polar surface area (TPSA) is 181 Å². The lowest BCUT2D eigenvalue weighted by Gasteiger charge is -2.36. The standard InChI is InChI=1S/C21H26N2O4.C7H6O6S/c1-14(11-15-5-7-17(8-6-15)23(24)25)21-18-13-20(27-4)19(26-3)12-16(18)9-10-22(21)2;8-6-2-1-4(14(11,12)13)3-5(6)7(9)10/h5-8,12-14,21H,9-11H2,1-4H3;1-3,8H,(H,9,10)(H,11,12,13). The highest BCUT2D eigenvalue weighted by molar-refractivity contribution is 7.85. The fourth-order valence-electron chi connectivity index (χ4n) is 5.07. The molecular formula is C28H32N2O10S. The molecule has 3 atom stereocenters. The first-order chi connectivity index (χ1) is 19.3. The lowest BCUT2D eigenvalue weighted by Crippen LogP contribution is -3.11. The highest BCUT2D eigenvalue weighted by Crippen LogP contribution is 2.36. The first-order valence-corrected chi connectivity index (χ1v) is 14.0. The van der Waals surface area contributed by atoms with Crippen molar-refractivity contribution in [3.8, 4) is 17.2 Å². The van der Waals surface area contributed by atoms with Gasteiger partial charge in [-0.3, -0.25) is 10.1 Å². The number of nitro groups is 1. The number of aromatic hydroxyl groups is 1. The van der Waals surface area contributed by atoms with Crippen molar-refractivity contribution < 1.29 is 47.3 Å². The van der Waals surface area contributed by atoms with Gasteiger partial charge in [0.1, 0.15) is 27.5 Å². The zero-order valence-electron chi connectivity index (χ0n) is 23.0. The van der Waals surface area contributed by atoms with E-state index < -0.39 is 32.3 Å². The smallest absolute Gasteiger partial charge is 0.339 e. The Balaban J connectivity index is 0.000000278. The van der Waals surface area contributed by atoms with Gasteiger partial charge < -0.3 is 29.1 Å². The average molecular weight is 589 g/mol. The number of rotatable bonds is 8. The number of hydrogen-bond donors (Lipinski definition) is 3. The molecule has 1 heterocycles. The number of hydrogen-bond acceptors (Lipinski definition) is 9. The molecule has 4 rings (SSSR count). The summed E-state index contributed by atoms with van der Waals surface area (Å²) in [6, 6.07) is 13.7. The molecule has 3 unspecified atom stereocenters. The molecule has 0 aliphatic carbocycles. The largest absolute Gasteiger partial charge is 0.744 e. The van der Waals surface area contributed by atoms with Crippen molar-refractivity contribution in [1.82, 2.24) is 0 Å². The molecule has 0 spiro atoms. The number of quaternary nitrogens is 1. The molecule has 3 aromatic carbocycles. The number of nitro benzene ring substituents is 1. The van der Waals surface area contributed by atoms with Gasteiger partial charge in [0.2, 0.25) is 0 Å². The van der Waals surface area contributed by atoms with E-state index in [9.17, 15) is 27.9 Å². The Kier molecular flexibility index (Phi) is 9.92. The molecule has 13 heteroatoms. The number of phenols is 1. The van der Waals surface area contributed by atoms with Crippen molar-refractivity contribution in [2.45, 2.75) is 30.7 Å². The van der Waals surface area contributed by atoms with Crippen LogP contribution in [0.5, 0.6) is 17.2 Å². The molecule has 0 saturated heterocycles. The van der Waals surface area contributed by atoms with Gasteiger partial charge in [-0.2, -0.15) is 0 Å². The maximum atomic E-state index is 10.9. The van der Waals surface area contributed by atoms with Crippen LogP contribution in [0.3, 0.4) is 0 Å². The Morgan fingerprint density at radius 3 is 2.24 bits per heavy atom. The Hall–Kier alpha value is -4.20. The monoisotopic (exact) mass is 588 g/mol. The Morgan fingerprint density at radius 1 is 1.10 bits per heavy atom. The van der Waals surface area contributed by atoms with Crippen LogP contribution >= 0.6 is 0 Å². The number of likely N-dealkylation sites (N-methyl/N-ethyl adjacent to an activating group) is 1. The fraction of sp³-hybridized carbons (Fsp3) is 0.321. The van der Waals surface area contributed by atoms with Crippen LogP contribution in [0.2, 0.25) is 0 Å². The summed E-state index contributed by atoms with van der Waals surface area (Å²) in [6.07, 6.45) is 1.88. The molecule has 3 aromatic rings. The van der Waals surface area contributed by atoms with E-state index in [1.165, 1.54) is 16.0 Å². The maximum absolute atomic E-state index is 10.9. The average Bonchev–Trinajstić information content (AvgIpc) is 2.92. The molecule has 0 amide bonds. The number of benzene rings is 3. The summed E-state index contributed by atoms with van der Waals surface area (Å²) in [5.41, 5.74) is 3.26. The minimum Gasteiger partial charge on any atom is -0.744 e.